The van der Waals surface area contributed by atoms with Crippen LogP contribution < -0.4 is 5.32 Å². The van der Waals surface area contributed by atoms with Gasteiger partial charge < -0.3 is 13.9 Å². The third-order valence-corrected chi connectivity index (χ3v) is 4.41. The largest absolute Gasteiger partial charge is 0.478 e. The molecule has 2 N–H and O–H groups in total. The Kier molecular flexibility index (Phi) is 4.77. The maximum atomic E-state index is 12.7. The Morgan fingerprint density at radius 1 is 1.07 bits per heavy atom. The highest BCUT2D eigenvalue weighted by molar-refractivity contribution is 6.30. The predicted molar refractivity (Wildman–Crippen MR) is 102 cm³/mol. The number of urea groups is 1. The summed E-state index contributed by atoms with van der Waals surface area (Å²) in [5, 5.41) is 11.1. The van der Waals surface area contributed by atoms with Crippen LogP contribution in [0.5, 0.6) is 0 Å². The van der Waals surface area contributed by atoms with Crippen molar-refractivity contribution in [1.82, 2.24) is 10.2 Å². The number of carbonyl (C=O) groups is 4. The lowest BCUT2D eigenvalue weighted by Gasteiger charge is -2.25. The molecule has 1 saturated heterocycles. The van der Waals surface area contributed by atoms with Crippen LogP contribution in [0.4, 0.5) is 4.79 Å². The molecule has 3 heterocycles. The molecule has 1 aliphatic heterocycles. The van der Waals surface area contributed by atoms with Crippen LogP contribution in [0.15, 0.2) is 69.2 Å². The van der Waals surface area contributed by atoms with E-state index >= 15 is 0 Å². The van der Waals surface area contributed by atoms with Crippen molar-refractivity contribution in [3.63, 3.8) is 0 Å². The summed E-state index contributed by atoms with van der Waals surface area (Å²) in [6.07, 6.45) is 2.66. The average Bonchev–Trinajstić information content (AvgIpc) is 3.40. The number of hydrogen-bond acceptors (Lipinski definition) is 6. The molecule has 2 aromatic heterocycles. The van der Waals surface area contributed by atoms with Crippen molar-refractivity contribution in [1.29, 1.82) is 0 Å². The Bertz CT molecular complexity index is 1170. The fraction of sp³-hybridized carbons (Fsp3) is 0.0476. The molecule has 4 amide bonds. The third kappa shape index (κ3) is 3.63. The van der Waals surface area contributed by atoms with Crippen molar-refractivity contribution in [2.75, 3.05) is 0 Å². The third-order valence-electron chi connectivity index (χ3n) is 4.41. The molecule has 4 rings (SSSR count). The Balaban J connectivity index is 1.59. The van der Waals surface area contributed by atoms with Gasteiger partial charge in [0.25, 0.3) is 11.8 Å². The van der Waals surface area contributed by atoms with Crippen molar-refractivity contribution in [2.45, 2.75) is 6.54 Å². The van der Waals surface area contributed by atoms with Gasteiger partial charge in [-0.1, -0.05) is 12.1 Å². The van der Waals surface area contributed by atoms with E-state index in [1.54, 1.807) is 36.4 Å². The fourth-order valence-corrected chi connectivity index (χ4v) is 2.90. The summed E-state index contributed by atoms with van der Waals surface area (Å²) >= 11 is 0. The van der Waals surface area contributed by atoms with Crippen molar-refractivity contribution in [3.8, 4) is 11.3 Å². The van der Waals surface area contributed by atoms with Crippen molar-refractivity contribution in [3.05, 3.63) is 77.5 Å². The van der Waals surface area contributed by atoms with Gasteiger partial charge in [0.15, 0.2) is 0 Å². The highest BCUT2D eigenvalue weighted by Crippen LogP contribution is 2.25. The van der Waals surface area contributed by atoms with Gasteiger partial charge in [0.05, 0.1) is 18.4 Å². The van der Waals surface area contributed by atoms with E-state index in [2.05, 4.69) is 5.32 Å². The van der Waals surface area contributed by atoms with Gasteiger partial charge in [0, 0.05) is 5.56 Å². The van der Waals surface area contributed by atoms with Gasteiger partial charge in [-0.2, -0.15) is 0 Å². The highest BCUT2D eigenvalue weighted by Gasteiger charge is 2.36. The number of amides is 4. The van der Waals surface area contributed by atoms with Gasteiger partial charge in [-0.25, -0.2) is 9.59 Å². The van der Waals surface area contributed by atoms with Crippen LogP contribution in [0.1, 0.15) is 21.9 Å². The van der Waals surface area contributed by atoms with E-state index in [1.807, 2.05) is 0 Å². The quantitative estimate of drug-likeness (QED) is 0.492. The zero-order chi connectivity index (χ0) is 21.3. The molecule has 9 heteroatoms. The normalized spacial score (nSPS) is 15.5. The van der Waals surface area contributed by atoms with Crippen LogP contribution in [0.25, 0.3) is 17.4 Å². The summed E-state index contributed by atoms with van der Waals surface area (Å²) in [6.45, 7) is -0.123. The Morgan fingerprint density at radius 3 is 2.50 bits per heavy atom. The minimum absolute atomic E-state index is 0.123. The fourth-order valence-electron chi connectivity index (χ4n) is 2.90. The van der Waals surface area contributed by atoms with Crippen LogP contribution >= 0.6 is 0 Å². The summed E-state index contributed by atoms with van der Waals surface area (Å²) in [5.74, 6) is -1.61. The van der Waals surface area contributed by atoms with Gasteiger partial charge in [0.2, 0.25) is 0 Å². The van der Waals surface area contributed by atoms with E-state index in [-0.39, 0.29) is 23.4 Å². The smallest absolute Gasteiger partial charge is 0.335 e. The number of hydrogen-bond donors (Lipinski definition) is 2. The molecule has 0 aliphatic carbocycles. The number of carboxylic acids is 1. The Hall–Kier alpha value is -4.40. The molecule has 0 bridgehead atoms. The first kappa shape index (κ1) is 18.9. The molecule has 0 radical (unpaired) electrons. The summed E-state index contributed by atoms with van der Waals surface area (Å²) in [6, 6.07) is 11.6. The predicted octanol–water partition coefficient (Wildman–Crippen LogP) is 2.90. The van der Waals surface area contributed by atoms with Gasteiger partial charge in [-0.3, -0.25) is 19.8 Å². The molecule has 0 atom stereocenters. The van der Waals surface area contributed by atoms with Gasteiger partial charge in [0.1, 0.15) is 22.9 Å². The number of furan rings is 2. The van der Waals surface area contributed by atoms with E-state index in [0.717, 1.165) is 4.90 Å². The summed E-state index contributed by atoms with van der Waals surface area (Å²) in [4.78, 5) is 48.7. The zero-order valence-corrected chi connectivity index (χ0v) is 15.3. The molecule has 9 nitrogen and oxygen atoms in total. The number of barbiturate groups is 1. The van der Waals surface area contributed by atoms with Gasteiger partial charge in [-0.15, -0.1) is 0 Å². The molecule has 1 fully saturated rings. The molecule has 1 aliphatic rings. The van der Waals surface area contributed by atoms with E-state index in [4.69, 9.17) is 13.9 Å². The number of carboxylic acid groups (broad SMARTS) is 1. The maximum absolute atomic E-state index is 12.7. The molecule has 0 spiro atoms. The van der Waals surface area contributed by atoms with E-state index in [1.165, 1.54) is 24.5 Å². The SMILES string of the molecule is O=C1NC(=O)N(Cc2ccco2)C(=O)C1=Cc1ccc(-c2ccc(C(=O)O)cc2)o1. The van der Waals surface area contributed by atoms with Crippen LogP contribution in [-0.2, 0) is 16.1 Å². The molecular weight excluding hydrogens is 392 g/mol. The number of imide groups is 2. The molecule has 0 unspecified atom stereocenters. The number of benzene rings is 1. The number of carbonyl (C=O) groups excluding carboxylic acids is 3. The molecule has 30 heavy (non-hydrogen) atoms. The second kappa shape index (κ2) is 7.55. The standard InChI is InChI=1S/C21H14N2O7/c24-18-16(19(25)23(21(28)22-18)11-15-2-1-9-29-15)10-14-7-8-17(30-14)12-3-5-13(6-4-12)20(26)27/h1-10H,11H2,(H,26,27)(H,22,24,28). The molecule has 150 valence electrons. The highest BCUT2D eigenvalue weighted by atomic mass is 16.4. The number of nitrogens with one attached hydrogen (secondary N) is 1. The second-order valence-electron chi connectivity index (χ2n) is 6.37. The van der Waals surface area contributed by atoms with E-state index < -0.39 is 23.8 Å². The van der Waals surface area contributed by atoms with Crippen molar-refractivity contribution < 1.29 is 33.1 Å². The van der Waals surface area contributed by atoms with Crippen LogP contribution in [-0.4, -0.2) is 33.8 Å². The summed E-state index contributed by atoms with van der Waals surface area (Å²) in [7, 11) is 0. The van der Waals surface area contributed by atoms with Gasteiger partial charge >= 0.3 is 12.0 Å². The summed E-state index contributed by atoms with van der Waals surface area (Å²) in [5.41, 5.74) is 0.500. The number of aromatic carboxylic acids is 1. The lowest BCUT2D eigenvalue weighted by Crippen LogP contribution is -2.53. The number of rotatable bonds is 5. The number of nitrogens with zero attached hydrogens (tertiary/aromatic N) is 1. The van der Waals surface area contributed by atoms with Crippen LogP contribution in [0.3, 0.4) is 0 Å². The molecular formula is C21H14N2O7. The molecule has 1 aromatic carbocycles. The first-order chi connectivity index (χ1) is 14.4. The Morgan fingerprint density at radius 2 is 1.83 bits per heavy atom. The molecule has 3 aromatic rings. The average molecular weight is 406 g/mol. The first-order valence-corrected chi connectivity index (χ1v) is 8.77. The zero-order valence-electron chi connectivity index (χ0n) is 15.3. The Labute approximate surface area is 169 Å². The van der Waals surface area contributed by atoms with Crippen molar-refractivity contribution >= 4 is 29.9 Å². The second-order valence-corrected chi connectivity index (χ2v) is 6.37. The maximum Gasteiger partial charge on any atom is 0.335 e. The van der Waals surface area contributed by atoms with Crippen molar-refractivity contribution in [2.24, 2.45) is 0 Å². The van der Waals surface area contributed by atoms with E-state index in [0.29, 0.717) is 17.1 Å². The monoisotopic (exact) mass is 406 g/mol. The summed E-state index contributed by atoms with van der Waals surface area (Å²) < 4.78 is 10.8. The van der Waals surface area contributed by atoms with E-state index in [9.17, 15) is 19.2 Å². The molecule has 0 saturated carbocycles. The lowest BCUT2D eigenvalue weighted by atomic mass is 10.1. The lowest BCUT2D eigenvalue weighted by molar-refractivity contribution is -0.130. The minimum Gasteiger partial charge on any atom is -0.478 e. The van der Waals surface area contributed by atoms with Crippen LogP contribution in [0.2, 0.25) is 0 Å². The van der Waals surface area contributed by atoms with Crippen LogP contribution in [0, 0.1) is 0 Å². The topological polar surface area (TPSA) is 130 Å². The first-order valence-electron chi connectivity index (χ1n) is 8.77. The van der Waals surface area contributed by atoms with Gasteiger partial charge in [-0.05, 0) is 42.5 Å². The minimum atomic E-state index is -1.04.